The lowest BCUT2D eigenvalue weighted by molar-refractivity contribution is -0.140. The quantitative estimate of drug-likeness (QED) is 0.208. The highest BCUT2D eigenvalue weighted by molar-refractivity contribution is 5.97. The van der Waals surface area contributed by atoms with E-state index < -0.39 is 29.8 Å². The van der Waals surface area contributed by atoms with Crippen molar-refractivity contribution >= 4 is 29.5 Å². The summed E-state index contributed by atoms with van der Waals surface area (Å²) in [4.78, 5) is 68.0. The summed E-state index contributed by atoms with van der Waals surface area (Å²) in [7, 11) is 0. The number of carbonyl (C=O) groups is 5. The summed E-state index contributed by atoms with van der Waals surface area (Å²) in [5.41, 5.74) is 9.26. The van der Waals surface area contributed by atoms with E-state index in [4.69, 9.17) is 5.73 Å². The van der Waals surface area contributed by atoms with Gasteiger partial charge in [-0.15, -0.1) is 0 Å². The van der Waals surface area contributed by atoms with E-state index in [2.05, 4.69) is 22.5 Å². The summed E-state index contributed by atoms with van der Waals surface area (Å²) >= 11 is 0. The molecule has 10 nitrogen and oxygen atoms in total. The lowest BCUT2D eigenvalue weighted by Gasteiger charge is -2.38. The number of benzene rings is 2. The number of likely N-dealkylation sites (tertiary alicyclic amines) is 1. The van der Waals surface area contributed by atoms with E-state index in [9.17, 15) is 24.0 Å². The van der Waals surface area contributed by atoms with Gasteiger partial charge < -0.3 is 26.6 Å². The standard InChI is InChI=1S/C39H53N5O5/c1-5-13-31(27(4)38(48)41-24-34(46)43-35(37(40)47)30-21-25(2)20-26(3)22-30)32-18-12-19-44(32)39(49)36(29-16-10-7-11-17-29)42-33(45)23-28-14-8-6-9-15-28/h6,8-9,14-15,20-22,29,31-32,35-36H,4-5,7,10-13,16-19,23-24H2,1-3H3,(H2,40,47)(H,41,48)(H,42,45)(H,43,46). The van der Waals surface area contributed by atoms with Crippen molar-refractivity contribution < 1.29 is 24.0 Å². The minimum atomic E-state index is -1.04. The normalized spacial score (nSPS) is 18.2. The lowest BCUT2D eigenvalue weighted by atomic mass is 9.82. The van der Waals surface area contributed by atoms with Crippen molar-refractivity contribution in [3.05, 3.63) is 82.9 Å². The molecule has 10 heteroatoms. The number of hydrogen-bond donors (Lipinski definition) is 4. The molecule has 2 aromatic rings. The van der Waals surface area contributed by atoms with E-state index in [0.29, 0.717) is 24.1 Å². The molecule has 1 aliphatic carbocycles. The molecule has 1 aliphatic heterocycles. The third kappa shape index (κ3) is 10.3. The van der Waals surface area contributed by atoms with Gasteiger partial charge in [-0.1, -0.05) is 98.8 Å². The van der Waals surface area contributed by atoms with Crippen molar-refractivity contribution in [3.63, 3.8) is 0 Å². The van der Waals surface area contributed by atoms with E-state index in [0.717, 1.165) is 68.1 Å². The van der Waals surface area contributed by atoms with Crippen molar-refractivity contribution in [1.82, 2.24) is 20.9 Å². The van der Waals surface area contributed by atoms with Gasteiger partial charge in [-0.2, -0.15) is 0 Å². The molecule has 0 bridgehead atoms. The average Bonchev–Trinajstić information content (AvgIpc) is 3.57. The first kappa shape index (κ1) is 37.4. The predicted octanol–water partition coefficient (Wildman–Crippen LogP) is 4.33. The Morgan fingerprint density at radius 1 is 0.898 bits per heavy atom. The SMILES string of the molecule is C=C(C(=O)NCC(=O)NC(C(N)=O)c1cc(C)cc(C)c1)C(CCC)C1CCCN1C(=O)C(NC(=O)Cc1ccccc1)C1CCCCC1. The molecule has 0 spiro atoms. The first-order valence-corrected chi connectivity index (χ1v) is 17.8. The molecule has 0 aromatic heterocycles. The molecule has 4 rings (SSSR count). The molecule has 49 heavy (non-hydrogen) atoms. The number of carbonyl (C=O) groups excluding carboxylic acids is 5. The van der Waals surface area contributed by atoms with E-state index >= 15 is 0 Å². The molecule has 4 unspecified atom stereocenters. The predicted molar refractivity (Wildman–Crippen MR) is 190 cm³/mol. The molecule has 1 heterocycles. The second-order valence-electron chi connectivity index (χ2n) is 13.8. The summed E-state index contributed by atoms with van der Waals surface area (Å²) in [5, 5.41) is 8.43. The van der Waals surface area contributed by atoms with Gasteiger partial charge in [0.2, 0.25) is 29.5 Å². The van der Waals surface area contributed by atoms with Crippen LogP contribution in [0.1, 0.15) is 93.0 Å². The summed E-state index contributed by atoms with van der Waals surface area (Å²) in [5.74, 6) is -2.26. The number of nitrogens with one attached hydrogen (secondary N) is 3. The third-order valence-electron chi connectivity index (χ3n) is 9.87. The molecular weight excluding hydrogens is 618 g/mol. The maximum absolute atomic E-state index is 14.4. The number of amides is 5. The van der Waals surface area contributed by atoms with Crippen LogP contribution in [-0.2, 0) is 30.4 Å². The van der Waals surface area contributed by atoms with E-state index in [1.807, 2.05) is 62.1 Å². The van der Waals surface area contributed by atoms with Crippen LogP contribution >= 0.6 is 0 Å². The van der Waals surface area contributed by atoms with Crippen LogP contribution < -0.4 is 21.7 Å². The van der Waals surface area contributed by atoms with Crippen LogP contribution in [-0.4, -0.2) is 59.6 Å². The van der Waals surface area contributed by atoms with Crippen LogP contribution in [0.2, 0.25) is 0 Å². The average molecular weight is 672 g/mol. The van der Waals surface area contributed by atoms with Crippen molar-refractivity contribution in [3.8, 4) is 0 Å². The maximum Gasteiger partial charge on any atom is 0.247 e. The summed E-state index contributed by atoms with van der Waals surface area (Å²) in [6.07, 6.45) is 8.07. The number of aryl methyl sites for hydroxylation is 2. The van der Waals surface area contributed by atoms with Gasteiger partial charge >= 0.3 is 0 Å². The van der Waals surface area contributed by atoms with Gasteiger partial charge in [-0.25, -0.2) is 0 Å². The Bertz CT molecular complexity index is 1480. The zero-order valence-electron chi connectivity index (χ0n) is 29.3. The fourth-order valence-corrected chi connectivity index (χ4v) is 7.58. The monoisotopic (exact) mass is 671 g/mol. The highest BCUT2D eigenvalue weighted by atomic mass is 16.2. The number of hydrogen-bond acceptors (Lipinski definition) is 5. The van der Waals surface area contributed by atoms with Crippen LogP contribution in [0.3, 0.4) is 0 Å². The first-order chi connectivity index (χ1) is 23.5. The molecule has 2 aromatic carbocycles. The highest BCUT2D eigenvalue weighted by Gasteiger charge is 2.42. The molecule has 2 fully saturated rings. The number of primary amides is 1. The molecule has 5 amide bonds. The number of nitrogens with zero attached hydrogens (tertiary/aromatic N) is 1. The highest BCUT2D eigenvalue weighted by Crippen LogP contribution is 2.34. The van der Waals surface area contributed by atoms with Gasteiger partial charge in [-0.05, 0) is 63.0 Å². The Balaban J connectivity index is 1.43. The molecule has 264 valence electrons. The molecule has 4 atom stereocenters. The Morgan fingerprint density at radius 2 is 1.57 bits per heavy atom. The van der Waals surface area contributed by atoms with Gasteiger partial charge in [0.1, 0.15) is 12.1 Å². The fourth-order valence-electron chi connectivity index (χ4n) is 7.58. The smallest absolute Gasteiger partial charge is 0.247 e. The molecular formula is C39H53N5O5. The van der Waals surface area contributed by atoms with Gasteiger partial charge in [0.05, 0.1) is 13.0 Å². The summed E-state index contributed by atoms with van der Waals surface area (Å²) < 4.78 is 0. The van der Waals surface area contributed by atoms with Crippen molar-refractivity contribution in [1.29, 1.82) is 0 Å². The van der Waals surface area contributed by atoms with Crippen LogP contribution in [0.4, 0.5) is 0 Å². The van der Waals surface area contributed by atoms with Crippen LogP contribution in [0.15, 0.2) is 60.7 Å². The Morgan fingerprint density at radius 3 is 2.20 bits per heavy atom. The molecule has 2 aliphatic rings. The second-order valence-corrected chi connectivity index (χ2v) is 13.8. The number of nitrogens with two attached hydrogens (primary N) is 1. The maximum atomic E-state index is 14.4. The van der Waals surface area contributed by atoms with E-state index in [-0.39, 0.29) is 42.7 Å². The minimum absolute atomic E-state index is 0.0600. The molecule has 5 N–H and O–H groups in total. The zero-order valence-corrected chi connectivity index (χ0v) is 29.3. The number of rotatable bonds is 15. The second kappa shape index (κ2) is 17.8. The fraction of sp³-hybridized carbons (Fsp3) is 0.513. The Kier molecular flexibility index (Phi) is 13.6. The topological polar surface area (TPSA) is 151 Å². The van der Waals surface area contributed by atoms with Gasteiger partial charge in [0.15, 0.2) is 0 Å². The van der Waals surface area contributed by atoms with Crippen molar-refractivity contribution in [2.45, 2.75) is 103 Å². The van der Waals surface area contributed by atoms with E-state index in [1.165, 1.54) is 0 Å². The van der Waals surface area contributed by atoms with Crippen LogP contribution in [0, 0.1) is 25.7 Å². The van der Waals surface area contributed by atoms with E-state index in [1.54, 1.807) is 12.1 Å². The summed E-state index contributed by atoms with van der Waals surface area (Å²) in [6.45, 7) is 10.1. The largest absolute Gasteiger partial charge is 0.368 e. The Hall–Kier alpha value is -4.47. The van der Waals surface area contributed by atoms with Crippen LogP contribution in [0.5, 0.6) is 0 Å². The molecule has 1 saturated heterocycles. The summed E-state index contributed by atoms with van der Waals surface area (Å²) in [6, 6.07) is 13.1. The van der Waals surface area contributed by atoms with Gasteiger partial charge in [0, 0.05) is 24.1 Å². The minimum Gasteiger partial charge on any atom is -0.368 e. The third-order valence-corrected chi connectivity index (χ3v) is 9.87. The Labute approximate surface area is 290 Å². The lowest BCUT2D eigenvalue weighted by Crippen LogP contribution is -2.55. The first-order valence-electron chi connectivity index (χ1n) is 17.8. The molecule has 1 saturated carbocycles. The van der Waals surface area contributed by atoms with Crippen molar-refractivity contribution in [2.75, 3.05) is 13.1 Å². The van der Waals surface area contributed by atoms with Crippen molar-refractivity contribution in [2.24, 2.45) is 17.6 Å². The zero-order chi connectivity index (χ0) is 35.5. The molecule has 0 radical (unpaired) electrons. The van der Waals surface area contributed by atoms with Gasteiger partial charge in [-0.3, -0.25) is 24.0 Å². The van der Waals surface area contributed by atoms with Crippen LogP contribution in [0.25, 0.3) is 0 Å². The van der Waals surface area contributed by atoms with Gasteiger partial charge in [0.25, 0.3) is 0 Å².